The van der Waals surface area contributed by atoms with Crippen LogP contribution in [0, 0.1) is 5.82 Å². The van der Waals surface area contributed by atoms with E-state index in [1.807, 2.05) is 54.1 Å². The molecular formula is C31H24ClFN4O3S. The van der Waals surface area contributed by atoms with Crippen molar-refractivity contribution < 1.29 is 17.6 Å². The SMILES string of the molecule is CC/C(=C(/c1ccc(/C=C/C(=O)NS(=O)(=O)c2ccncc2)cc1)c1ccc2[nH]ncc2c1)c1ccc(F)cc1Cl. The number of fused-ring (bicyclic) bond motifs is 1. The smallest absolute Gasteiger partial charge is 0.264 e. The first-order chi connectivity index (χ1) is 19.7. The Morgan fingerprint density at radius 1 is 1.00 bits per heavy atom. The van der Waals surface area contributed by atoms with Crippen LogP contribution in [0.5, 0.6) is 0 Å². The van der Waals surface area contributed by atoms with Gasteiger partial charge in [-0.1, -0.05) is 54.9 Å². The van der Waals surface area contributed by atoms with Crippen molar-refractivity contribution in [3.05, 3.63) is 131 Å². The molecule has 0 saturated heterocycles. The van der Waals surface area contributed by atoms with Gasteiger partial charge in [-0.15, -0.1) is 0 Å². The second-order valence-electron chi connectivity index (χ2n) is 9.11. The van der Waals surface area contributed by atoms with Gasteiger partial charge in [0.15, 0.2) is 0 Å². The van der Waals surface area contributed by atoms with Crippen LogP contribution in [-0.2, 0) is 14.8 Å². The van der Waals surface area contributed by atoms with Crippen LogP contribution in [0.1, 0.15) is 35.6 Å². The van der Waals surface area contributed by atoms with Gasteiger partial charge in [0.2, 0.25) is 0 Å². The lowest BCUT2D eigenvalue weighted by Crippen LogP contribution is -2.28. The quantitative estimate of drug-likeness (QED) is 0.157. The maximum atomic E-state index is 13.9. The molecule has 0 spiro atoms. The largest absolute Gasteiger partial charge is 0.278 e. The third kappa shape index (κ3) is 6.26. The molecule has 0 saturated carbocycles. The van der Waals surface area contributed by atoms with Crippen molar-refractivity contribution in [3.8, 4) is 0 Å². The van der Waals surface area contributed by atoms with E-state index in [-0.39, 0.29) is 4.90 Å². The molecule has 2 heterocycles. The molecule has 0 unspecified atom stereocenters. The third-order valence-corrected chi connectivity index (χ3v) is 8.14. The van der Waals surface area contributed by atoms with E-state index >= 15 is 0 Å². The van der Waals surface area contributed by atoms with Gasteiger partial charge >= 0.3 is 0 Å². The van der Waals surface area contributed by atoms with Crippen LogP contribution in [-0.4, -0.2) is 29.5 Å². The second kappa shape index (κ2) is 11.9. The number of nitrogens with zero attached hydrogens (tertiary/aromatic N) is 2. The first kappa shape index (κ1) is 27.9. The molecule has 0 bridgehead atoms. The van der Waals surface area contributed by atoms with E-state index in [4.69, 9.17) is 11.6 Å². The maximum absolute atomic E-state index is 13.9. The fraction of sp³-hybridized carbons (Fsp3) is 0.0645. The van der Waals surface area contributed by atoms with Gasteiger partial charge in [0.25, 0.3) is 15.9 Å². The summed E-state index contributed by atoms with van der Waals surface area (Å²) < 4.78 is 40.7. The van der Waals surface area contributed by atoms with Crippen LogP contribution in [0.2, 0.25) is 5.02 Å². The van der Waals surface area contributed by atoms with Gasteiger partial charge in [0, 0.05) is 23.9 Å². The number of aromatic amines is 1. The summed E-state index contributed by atoms with van der Waals surface area (Å²) in [7, 11) is -4.01. The highest BCUT2D eigenvalue weighted by Gasteiger charge is 2.17. The summed E-state index contributed by atoms with van der Waals surface area (Å²) in [6.45, 7) is 2.02. The molecule has 3 aromatic carbocycles. The Morgan fingerprint density at radius 3 is 2.44 bits per heavy atom. The van der Waals surface area contributed by atoms with Gasteiger partial charge in [0.1, 0.15) is 5.82 Å². The van der Waals surface area contributed by atoms with Gasteiger partial charge in [-0.05, 0) is 82.3 Å². The lowest BCUT2D eigenvalue weighted by molar-refractivity contribution is -0.114. The molecule has 41 heavy (non-hydrogen) atoms. The minimum absolute atomic E-state index is 0.0560. The van der Waals surface area contributed by atoms with Crippen molar-refractivity contribution in [1.29, 1.82) is 0 Å². The molecule has 0 radical (unpaired) electrons. The minimum Gasteiger partial charge on any atom is -0.278 e. The fourth-order valence-corrected chi connectivity index (χ4v) is 5.74. The van der Waals surface area contributed by atoms with E-state index < -0.39 is 21.7 Å². The Hall–Kier alpha value is -4.60. The average molecular weight is 587 g/mol. The van der Waals surface area contributed by atoms with Gasteiger partial charge in [-0.3, -0.25) is 14.9 Å². The van der Waals surface area contributed by atoms with E-state index in [1.165, 1.54) is 42.7 Å². The number of halogens is 2. The number of rotatable bonds is 8. The van der Waals surface area contributed by atoms with Gasteiger partial charge < -0.3 is 0 Å². The summed E-state index contributed by atoms with van der Waals surface area (Å²) >= 11 is 6.50. The second-order valence-corrected chi connectivity index (χ2v) is 11.2. The highest BCUT2D eigenvalue weighted by molar-refractivity contribution is 7.90. The van der Waals surface area contributed by atoms with Crippen molar-refractivity contribution in [3.63, 3.8) is 0 Å². The van der Waals surface area contributed by atoms with E-state index in [0.29, 0.717) is 17.0 Å². The molecule has 2 aromatic heterocycles. The van der Waals surface area contributed by atoms with Crippen LogP contribution < -0.4 is 4.72 Å². The summed E-state index contributed by atoms with van der Waals surface area (Å²) in [6.07, 6.45) is 7.73. The predicted octanol–water partition coefficient (Wildman–Crippen LogP) is 6.64. The van der Waals surface area contributed by atoms with Crippen molar-refractivity contribution >= 4 is 55.7 Å². The topological polar surface area (TPSA) is 105 Å². The monoisotopic (exact) mass is 586 g/mol. The van der Waals surface area contributed by atoms with Gasteiger partial charge in [-0.25, -0.2) is 17.5 Å². The molecule has 206 valence electrons. The zero-order chi connectivity index (χ0) is 29.0. The normalized spacial score (nSPS) is 12.5. The number of amides is 1. The molecule has 10 heteroatoms. The molecule has 7 nitrogen and oxygen atoms in total. The predicted molar refractivity (Wildman–Crippen MR) is 159 cm³/mol. The number of sulfonamides is 1. The number of pyridine rings is 1. The lowest BCUT2D eigenvalue weighted by atomic mass is 9.87. The lowest BCUT2D eigenvalue weighted by Gasteiger charge is -2.18. The zero-order valence-corrected chi connectivity index (χ0v) is 23.4. The Bertz CT molecular complexity index is 1900. The molecule has 2 N–H and O–H groups in total. The number of nitrogens with one attached hydrogen (secondary N) is 2. The first-order valence-corrected chi connectivity index (χ1v) is 14.5. The summed E-state index contributed by atoms with van der Waals surface area (Å²) in [6, 6.07) is 20.4. The number of carbonyl (C=O) groups is 1. The van der Waals surface area contributed by atoms with Gasteiger partial charge in [0.05, 0.1) is 21.6 Å². The van der Waals surface area contributed by atoms with Crippen LogP contribution in [0.4, 0.5) is 4.39 Å². The molecule has 0 aliphatic rings. The average Bonchev–Trinajstić information content (AvgIpc) is 3.44. The van der Waals surface area contributed by atoms with E-state index in [1.54, 1.807) is 12.3 Å². The number of aromatic nitrogens is 3. The molecule has 0 aliphatic heterocycles. The first-order valence-electron chi connectivity index (χ1n) is 12.6. The number of benzene rings is 3. The number of H-pyrrole nitrogens is 1. The van der Waals surface area contributed by atoms with Crippen molar-refractivity contribution in [1.82, 2.24) is 19.9 Å². The van der Waals surface area contributed by atoms with Crippen LogP contribution >= 0.6 is 11.6 Å². The van der Waals surface area contributed by atoms with Crippen molar-refractivity contribution in [2.45, 2.75) is 18.2 Å². The third-order valence-electron chi connectivity index (χ3n) is 6.46. The summed E-state index contributed by atoms with van der Waals surface area (Å²) in [4.78, 5) is 16.1. The van der Waals surface area contributed by atoms with Crippen LogP contribution in [0.3, 0.4) is 0 Å². The Balaban J connectivity index is 1.49. The Kier molecular flexibility index (Phi) is 8.09. The molecule has 5 rings (SSSR count). The van der Waals surface area contributed by atoms with E-state index in [0.717, 1.165) is 44.8 Å². The molecule has 5 aromatic rings. The van der Waals surface area contributed by atoms with Crippen molar-refractivity contribution in [2.75, 3.05) is 0 Å². The van der Waals surface area contributed by atoms with Crippen molar-refractivity contribution in [2.24, 2.45) is 0 Å². The highest BCUT2D eigenvalue weighted by atomic mass is 35.5. The standard InChI is InChI=1S/C31H24ClFN4O3S/c1-2-26(27-10-9-24(33)18-28(27)32)31(22-8-11-29-23(17-22)19-35-36-29)21-6-3-20(4-7-21)5-12-30(38)37-41(39,40)25-13-15-34-16-14-25/h3-19H,2H2,1H3,(H,35,36)(H,37,38)/b12-5+,31-26+. The number of hydrogen-bond donors (Lipinski definition) is 2. The van der Waals surface area contributed by atoms with Crippen LogP contribution in [0.15, 0.2) is 102 Å². The van der Waals surface area contributed by atoms with Gasteiger partial charge in [-0.2, -0.15) is 5.10 Å². The molecule has 1 amide bonds. The summed E-state index contributed by atoms with van der Waals surface area (Å²) in [5, 5.41) is 8.34. The number of allylic oxidation sites excluding steroid dienone is 1. The molecular weight excluding hydrogens is 563 g/mol. The zero-order valence-electron chi connectivity index (χ0n) is 21.8. The summed E-state index contributed by atoms with van der Waals surface area (Å²) in [5.41, 5.74) is 5.98. The maximum Gasteiger partial charge on any atom is 0.264 e. The Morgan fingerprint density at radius 2 is 1.73 bits per heavy atom. The minimum atomic E-state index is -4.01. The van der Waals surface area contributed by atoms with E-state index in [2.05, 4.69) is 15.2 Å². The van der Waals surface area contributed by atoms with E-state index in [9.17, 15) is 17.6 Å². The highest BCUT2D eigenvalue weighted by Crippen LogP contribution is 2.38. The summed E-state index contributed by atoms with van der Waals surface area (Å²) in [5.74, 6) is -1.19. The number of carbonyl (C=O) groups excluding carboxylic acids is 1. The number of hydrogen-bond acceptors (Lipinski definition) is 5. The molecule has 0 atom stereocenters. The Labute approximate surface area is 241 Å². The molecule has 0 fully saturated rings. The molecule has 0 aliphatic carbocycles. The fourth-order valence-electron chi connectivity index (χ4n) is 4.53. The van der Waals surface area contributed by atoms with Crippen LogP contribution in [0.25, 0.3) is 28.1 Å².